The molecule has 3 aromatic heterocycles. The van der Waals surface area contributed by atoms with Crippen molar-refractivity contribution in [3.8, 4) is 0 Å². The molecule has 1 saturated carbocycles. The van der Waals surface area contributed by atoms with Gasteiger partial charge in [-0.1, -0.05) is 13.8 Å². The maximum Gasteiger partial charge on any atom is 0.274 e. The summed E-state index contributed by atoms with van der Waals surface area (Å²) in [6, 6.07) is 5.64. The molecule has 31 heavy (non-hydrogen) atoms. The summed E-state index contributed by atoms with van der Waals surface area (Å²) in [6.45, 7) is 5.67. The minimum atomic E-state index is -0.302. The van der Waals surface area contributed by atoms with Crippen molar-refractivity contribution < 1.29 is 14.3 Å². The fraction of sp³-hybridized carbons (Fsp3) is 0.435. The fourth-order valence-electron chi connectivity index (χ4n) is 3.98. The van der Waals surface area contributed by atoms with Crippen molar-refractivity contribution in [1.82, 2.24) is 14.0 Å². The molecule has 162 valence electrons. The summed E-state index contributed by atoms with van der Waals surface area (Å²) in [5.74, 6) is -0.192. The number of hydrogen-bond acceptors (Lipinski definition) is 5. The van der Waals surface area contributed by atoms with Crippen LogP contribution in [-0.4, -0.2) is 39.7 Å². The van der Waals surface area contributed by atoms with Crippen LogP contribution in [-0.2, 0) is 9.47 Å². The zero-order chi connectivity index (χ0) is 21.5. The quantitative estimate of drug-likeness (QED) is 0.682. The van der Waals surface area contributed by atoms with Crippen molar-refractivity contribution in [3.63, 3.8) is 0 Å². The second-order valence-electron chi connectivity index (χ2n) is 8.48. The highest BCUT2D eigenvalue weighted by molar-refractivity contribution is 6.05. The lowest BCUT2D eigenvalue weighted by Gasteiger charge is -2.20. The first kappa shape index (κ1) is 20.0. The highest BCUT2D eigenvalue weighted by atomic mass is 16.6. The zero-order valence-electron chi connectivity index (χ0n) is 17.7. The minimum Gasteiger partial charge on any atom is -0.376 e. The molecule has 1 aliphatic carbocycles. The first-order valence-electron chi connectivity index (χ1n) is 10.8. The summed E-state index contributed by atoms with van der Waals surface area (Å²) in [5, 5.41) is 2.83. The third kappa shape index (κ3) is 3.88. The van der Waals surface area contributed by atoms with Crippen molar-refractivity contribution in [2.75, 3.05) is 25.1 Å². The lowest BCUT2D eigenvalue weighted by atomic mass is 9.98. The second kappa shape index (κ2) is 7.94. The van der Waals surface area contributed by atoms with E-state index in [-0.39, 0.29) is 29.5 Å². The zero-order valence-corrected chi connectivity index (χ0v) is 17.7. The Morgan fingerprint density at radius 1 is 1.26 bits per heavy atom. The molecular formula is C23H26N4O4. The van der Waals surface area contributed by atoms with Gasteiger partial charge in [0, 0.05) is 24.6 Å². The van der Waals surface area contributed by atoms with Crippen LogP contribution < -0.4 is 10.9 Å². The molecule has 0 spiro atoms. The molecule has 1 N–H and O–H groups in total. The number of imidazole rings is 1. The first-order chi connectivity index (χ1) is 15.0. The number of nitrogens with one attached hydrogen (secondary N) is 1. The van der Waals surface area contributed by atoms with E-state index in [4.69, 9.17) is 9.47 Å². The van der Waals surface area contributed by atoms with Gasteiger partial charge < -0.3 is 23.8 Å². The second-order valence-corrected chi connectivity index (χ2v) is 8.48. The molecule has 0 bridgehead atoms. The average Bonchev–Trinajstić information content (AvgIpc) is 3.53. The molecule has 5 rings (SSSR count). The van der Waals surface area contributed by atoms with Gasteiger partial charge in [0.05, 0.1) is 31.1 Å². The van der Waals surface area contributed by atoms with Crippen LogP contribution in [0.3, 0.4) is 0 Å². The van der Waals surface area contributed by atoms with Crippen LogP contribution in [0.5, 0.6) is 0 Å². The van der Waals surface area contributed by atoms with Gasteiger partial charge in [-0.15, -0.1) is 0 Å². The Kier molecular flexibility index (Phi) is 5.11. The monoisotopic (exact) mass is 422 g/mol. The Labute approximate surface area is 179 Å². The topological polar surface area (TPSA) is 86.9 Å². The van der Waals surface area contributed by atoms with Gasteiger partial charge in [0.1, 0.15) is 17.4 Å². The first-order valence-corrected chi connectivity index (χ1v) is 10.8. The number of ether oxygens (including phenoxy) is 2. The van der Waals surface area contributed by atoms with Crippen LogP contribution in [0.4, 0.5) is 5.69 Å². The van der Waals surface area contributed by atoms with E-state index in [1.165, 1.54) is 0 Å². The third-order valence-corrected chi connectivity index (χ3v) is 5.82. The molecule has 8 heteroatoms. The number of carbonyl (C=O) groups is 1. The van der Waals surface area contributed by atoms with Gasteiger partial charge in [-0.05, 0) is 42.5 Å². The predicted octanol–water partition coefficient (Wildman–Crippen LogP) is 3.29. The summed E-state index contributed by atoms with van der Waals surface area (Å²) in [6.07, 6.45) is 7.24. The SMILES string of the molecule is CC(C)c1cc2nc([C@@H]3COCCO3)cn2cc1C(=O)Nc1cccn(C2CC2)c1=O. The van der Waals surface area contributed by atoms with E-state index in [1.54, 1.807) is 29.1 Å². The largest absolute Gasteiger partial charge is 0.376 e. The van der Waals surface area contributed by atoms with Gasteiger partial charge in [0.2, 0.25) is 0 Å². The third-order valence-electron chi connectivity index (χ3n) is 5.82. The molecule has 0 unspecified atom stereocenters. The van der Waals surface area contributed by atoms with E-state index in [9.17, 15) is 9.59 Å². The highest BCUT2D eigenvalue weighted by Gasteiger charge is 2.26. The van der Waals surface area contributed by atoms with Gasteiger partial charge in [-0.3, -0.25) is 9.59 Å². The molecule has 8 nitrogen and oxygen atoms in total. The molecule has 2 aliphatic rings. The van der Waals surface area contributed by atoms with Crippen LogP contribution in [0.1, 0.15) is 66.4 Å². The summed E-state index contributed by atoms with van der Waals surface area (Å²) < 4.78 is 14.8. The molecule has 3 aromatic rings. The van der Waals surface area contributed by atoms with Crippen LogP contribution in [0, 0.1) is 0 Å². The normalized spacial score (nSPS) is 19.1. The van der Waals surface area contributed by atoms with E-state index < -0.39 is 0 Å². The Bertz CT molecular complexity index is 1190. The standard InChI is InChI=1S/C23H26N4O4/c1-14(2)16-10-21-24-19(20-13-30-8-9-31-20)12-26(21)11-17(16)22(28)25-18-4-3-7-27(23(18)29)15-5-6-15/h3-4,7,10-12,14-15,20H,5-6,8-9,13H2,1-2H3,(H,25,28)/t20-/m0/s1. The average molecular weight is 422 g/mol. The van der Waals surface area contributed by atoms with Crippen molar-refractivity contribution in [2.45, 2.75) is 44.8 Å². The van der Waals surface area contributed by atoms with Crippen molar-refractivity contribution in [3.05, 3.63) is 64.0 Å². The highest BCUT2D eigenvalue weighted by Crippen LogP contribution is 2.33. The van der Waals surface area contributed by atoms with E-state index in [0.29, 0.717) is 31.1 Å². The molecule has 1 atom stereocenters. The smallest absolute Gasteiger partial charge is 0.274 e. The number of amides is 1. The summed E-state index contributed by atoms with van der Waals surface area (Å²) >= 11 is 0. The number of hydrogen-bond donors (Lipinski definition) is 1. The number of carbonyl (C=O) groups excluding carboxylic acids is 1. The molecule has 0 aromatic carbocycles. The minimum absolute atomic E-state index is 0.110. The lowest BCUT2D eigenvalue weighted by molar-refractivity contribution is -0.0916. The molecule has 2 fully saturated rings. The van der Waals surface area contributed by atoms with Crippen molar-refractivity contribution >= 4 is 17.2 Å². The van der Waals surface area contributed by atoms with Gasteiger partial charge in [0.25, 0.3) is 11.5 Å². The van der Waals surface area contributed by atoms with Crippen molar-refractivity contribution in [2.24, 2.45) is 0 Å². The molecule has 4 heterocycles. The summed E-state index contributed by atoms with van der Waals surface area (Å²) in [7, 11) is 0. The van der Waals surface area contributed by atoms with Crippen molar-refractivity contribution in [1.29, 1.82) is 0 Å². The summed E-state index contributed by atoms with van der Waals surface area (Å²) in [5.41, 5.74) is 3.07. The Morgan fingerprint density at radius 2 is 2.10 bits per heavy atom. The summed E-state index contributed by atoms with van der Waals surface area (Å²) in [4.78, 5) is 30.6. The van der Waals surface area contributed by atoms with E-state index in [1.807, 2.05) is 30.5 Å². The number of rotatable bonds is 5. The Hall–Kier alpha value is -2.97. The van der Waals surface area contributed by atoms with Gasteiger partial charge in [0.15, 0.2) is 0 Å². The Morgan fingerprint density at radius 3 is 2.81 bits per heavy atom. The van der Waals surface area contributed by atoms with Gasteiger partial charge >= 0.3 is 0 Å². The van der Waals surface area contributed by atoms with E-state index >= 15 is 0 Å². The van der Waals surface area contributed by atoms with Gasteiger partial charge in [-0.25, -0.2) is 4.98 Å². The molecule has 1 amide bonds. The van der Waals surface area contributed by atoms with E-state index in [0.717, 1.165) is 29.7 Å². The van der Waals surface area contributed by atoms with Crippen LogP contribution in [0.25, 0.3) is 5.65 Å². The predicted molar refractivity (Wildman–Crippen MR) is 116 cm³/mol. The number of aromatic nitrogens is 3. The Balaban J connectivity index is 1.49. The fourth-order valence-corrected chi connectivity index (χ4v) is 3.98. The van der Waals surface area contributed by atoms with Gasteiger partial charge in [-0.2, -0.15) is 0 Å². The molecule has 1 saturated heterocycles. The number of anilines is 1. The van der Waals surface area contributed by atoms with Crippen LogP contribution in [0.15, 0.2) is 41.6 Å². The maximum atomic E-state index is 13.2. The van der Waals surface area contributed by atoms with Crippen LogP contribution in [0.2, 0.25) is 0 Å². The number of fused-ring (bicyclic) bond motifs is 1. The number of nitrogens with zero attached hydrogens (tertiary/aromatic N) is 3. The molecule has 1 aliphatic heterocycles. The lowest BCUT2D eigenvalue weighted by Crippen LogP contribution is -2.25. The molecule has 0 radical (unpaired) electrons. The maximum absolute atomic E-state index is 13.2. The van der Waals surface area contributed by atoms with E-state index in [2.05, 4.69) is 10.3 Å². The van der Waals surface area contributed by atoms with Crippen LogP contribution >= 0.6 is 0 Å². The molecular weight excluding hydrogens is 396 g/mol. The number of pyridine rings is 2.